The Balaban J connectivity index is -0.00000000167. The van der Waals surface area contributed by atoms with Crippen molar-refractivity contribution >= 4 is 23.9 Å². The molecule has 0 bridgehead atoms. The Labute approximate surface area is 60.4 Å². The Kier molecular flexibility index (Phi) is 389. The predicted octanol–water partition coefficient (Wildman–Crippen LogP) is -8.09. The molecule has 0 aliphatic rings. The molecule has 0 saturated heterocycles. The molecule has 0 aromatic rings. The van der Waals surface area contributed by atoms with Gasteiger partial charge in [-0.15, -0.1) is 0 Å². The third kappa shape index (κ3) is 34.2. The molecule has 5 heteroatoms. The van der Waals surface area contributed by atoms with E-state index in [1.165, 1.54) is 0 Å². The molecule has 34 valence electrons. The van der Waals surface area contributed by atoms with Crippen LogP contribution < -0.4 is 36.5 Å². The van der Waals surface area contributed by atoms with E-state index in [0.29, 0.717) is 0 Å². The van der Waals surface area contributed by atoms with Crippen LogP contribution in [-0.2, 0) is 0 Å². The van der Waals surface area contributed by atoms with Crippen LogP contribution in [-0.4, -0.2) is 23.9 Å². The number of hydrogen-bond donors (Lipinski definition) is 2. The van der Waals surface area contributed by atoms with Crippen LogP contribution in [0, 0.1) is 0 Å². The van der Waals surface area contributed by atoms with Crippen molar-refractivity contribution in [3.8, 4) is 0 Å². The van der Waals surface area contributed by atoms with Gasteiger partial charge < -0.3 is 24.8 Å². The summed E-state index contributed by atoms with van der Waals surface area (Å²) < 4.78 is 0. The van der Waals surface area contributed by atoms with E-state index in [4.69, 9.17) is 0 Å². The molecule has 0 amide bonds. The van der Waals surface area contributed by atoms with Gasteiger partial charge in [0.25, 0.3) is 0 Å². The zero-order valence-electron chi connectivity index (χ0n) is 2.62. The summed E-state index contributed by atoms with van der Waals surface area (Å²) in [7, 11) is 0. The van der Waals surface area contributed by atoms with E-state index < -0.39 is 0 Å². The van der Waals surface area contributed by atoms with E-state index in [1.54, 1.807) is 0 Å². The molecular weight excluding hydrogens is 218 g/mol. The van der Waals surface area contributed by atoms with Crippen molar-refractivity contribution in [2.24, 2.45) is 11.7 Å². The SMILES string of the molecule is NN.[Cl-].[Cl-].[SnH2+2]. The first kappa shape index (κ1) is 33.5. The molecule has 0 atom stereocenters. The van der Waals surface area contributed by atoms with Gasteiger partial charge in [0, 0.05) is 0 Å². The van der Waals surface area contributed by atoms with Crippen LogP contribution in [0.25, 0.3) is 0 Å². The van der Waals surface area contributed by atoms with Gasteiger partial charge in [-0.2, -0.15) is 0 Å². The first-order valence-corrected chi connectivity index (χ1v) is 0.333. The summed E-state index contributed by atoms with van der Waals surface area (Å²) in [6, 6.07) is 0. The second-order valence-electron chi connectivity index (χ2n) is 0. The van der Waals surface area contributed by atoms with E-state index >= 15 is 0 Å². The first-order valence-electron chi connectivity index (χ1n) is 0.333. The molecule has 0 rings (SSSR count). The third-order valence-corrected chi connectivity index (χ3v) is 0. The minimum absolute atomic E-state index is 0. The van der Waals surface area contributed by atoms with Gasteiger partial charge in [0.1, 0.15) is 0 Å². The Morgan fingerprint density at radius 2 is 0.800 bits per heavy atom. The number of hydrazine groups is 1. The minimum atomic E-state index is 0. The molecule has 5 heavy (non-hydrogen) atoms. The molecule has 0 saturated carbocycles. The molecule has 0 aliphatic carbocycles. The topological polar surface area (TPSA) is 52.0 Å². The molecular formula is H6Cl2N2Sn. The zero-order valence-corrected chi connectivity index (χ0v) is 8.17. The van der Waals surface area contributed by atoms with Crippen LogP contribution in [0.3, 0.4) is 0 Å². The number of nitrogens with two attached hydrogens (primary N) is 2. The van der Waals surface area contributed by atoms with Crippen LogP contribution in [0.5, 0.6) is 0 Å². The molecule has 0 spiro atoms. The molecule has 2 nitrogen and oxygen atoms in total. The van der Waals surface area contributed by atoms with E-state index in [2.05, 4.69) is 11.7 Å². The maximum atomic E-state index is 4.00. The molecule has 0 heterocycles. The summed E-state index contributed by atoms with van der Waals surface area (Å²) in [6.07, 6.45) is 0. The maximum absolute atomic E-state index is 4.00. The van der Waals surface area contributed by atoms with Gasteiger partial charge >= 0.3 is 23.9 Å². The standard InChI is InChI=1S/2ClH.H4N2.Sn.2H/c;;1-2;;;/h2*1H;1-2H2;;;/q;;;+2;;/p-2. The average molecular weight is 224 g/mol. The summed E-state index contributed by atoms with van der Waals surface area (Å²) in [6.45, 7) is 0. The van der Waals surface area contributed by atoms with Crippen molar-refractivity contribution in [3.63, 3.8) is 0 Å². The van der Waals surface area contributed by atoms with Crippen molar-refractivity contribution in [2.75, 3.05) is 0 Å². The van der Waals surface area contributed by atoms with Crippen LogP contribution in [0.2, 0.25) is 0 Å². The molecule has 0 fully saturated rings. The quantitative estimate of drug-likeness (QED) is 0.244. The summed E-state index contributed by atoms with van der Waals surface area (Å²) in [5, 5.41) is 0. The molecule has 0 aromatic heterocycles. The first-order chi connectivity index (χ1) is 1.00. The summed E-state index contributed by atoms with van der Waals surface area (Å²) in [4.78, 5) is 0. The molecule has 0 aromatic carbocycles. The molecule has 0 radical (unpaired) electrons. The van der Waals surface area contributed by atoms with Crippen LogP contribution in [0.1, 0.15) is 0 Å². The zero-order chi connectivity index (χ0) is 2.00. The Morgan fingerprint density at radius 1 is 0.800 bits per heavy atom. The van der Waals surface area contributed by atoms with Gasteiger partial charge in [-0.1, -0.05) is 0 Å². The fraction of sp³-hybridized carbons (Fsp3) is 0. The fourth-order valence-electron chi connectivity index (χ4n) is 0. The van der Waals surface area contributed by atoms with Gasteiger partial charge in [-0.05, 0) is 0 Å². The van der Waals surface area contributed by atoms with E-state index in [9.17, 15) is 0 Å². The Bertz CT molecular complexity index is 7.61. The number of rotatable bonds is 0. The second kappa shape index (κ2) is 58.1. The van der Waals surface area contributed by atoms with Gasteiger partial charge in [-0.25, -0.2) is 0 Å². The molecule has 4 N–H and O–H groups in total. The third-order valence-electron chi connectivity index (χ3n) is 0. The number of halogens is 2. The summed E-state index contributed by atoms with van der Waals surface area (Å²) in [5.74, 6) is 8.00. The van der Waals surface area contributed by atoms with Crippen molar-refractivity contribution in [3.05, 3.63) is 0 Å². The predicted molar refractivity (Wildman–Crippen MR) is 16.9 cm³/mol. The van der Waals surface area contributed by atoms with Crippen molar-refractivity contribution in [1.29, 1.82) is 0 Å². The van der Waals surface area contributed by atoms with Crippen molar-refractivity contribution in [1.82, 2.24) is 0 Å². The second-order valence-corrected chi connectivity index (χ2v) is 0. The molecule has 0 aliphatic heterocycles. The van der Waals surface area contributed by atoms with Gasteiger partial charge in [0.2, 0.25) is 0 Å². The normalized spacial score (nSPS) is 1.20. The van der Waals surface area contributed by atoms with E-state index in [1.807, 2.05) is 0 Å². The van der Waals surface area contributed by atoms with E-state index in [0.717, 1.165) is 0 Å². The summed E-state index contributed by atoms with van der Waals surface area (Å²) in [5.41, 5.74) is 0. The van der Waals surface area contributed by atoms with Crippen LogP contribution in [0.4, 0.5) is 0 Å². The van der Waals surface area contributed by atoms with Crippen LogP contribution in [0.15, 0.2) is 0 Å². The van der Waals surface area contributed by atoms with Crippen molar-refractivity contribution in [2.45, 2.75) is 0 Å². The summed E-state index contributed by atoms with van der Waals surface area (Å²) >= 11 is 0. The van der Waals surface area contributed by atoms with Gasteiger partial charge in [-0.3, -0.25) is 11.7 Å². The Hall–Kier alpha value is 1.30. The monoisotopic (exact) mass is 224 g/mol. The van der Waals surface area contributed by atoms with Crippen LogP contribution >= 0.6 is 0 Å². The van der Waals surface area contributed by atoms with Gasteiger partial charge in [0.15, 0.2) is 0 Å². The average Bonchev–Trinajstić information content (AvgIpc) is 1.00. The molecule has 0 unspecified atom stereocenters. The Morgan fingerprint density at radius 3 is 0.800 bits per heavy atom. The van der Waals surface area contributed by atoms with E-state index in [-0.39, 0.29) is 48.7 Å². The van der Waals surface area contributed by atoms with Gasteiger partial charge in [0.05, 0.1) is 0 Å². The number of hydrogen-bond acceptors (Lipinski definition) is 2. The fourth-order valence-corrected chi connectivity index (χ4v) is 0. The van der Waals surface area contributed by atoms with Crippen molar-refractivity contribution < 1.29 is 24.8 Å².